The summed E-state index contributed by atoms with van der Waals surface area (Å²) < 4.78 is 7.64. The first-order valence-corrected chi connectivity index (χ1v) is 9.13. The molecular formula is C19H23N5O2. The number of fused-ring (bicyclic) bond motifs is 2. The molecule has 3 N–H and O–H groups in total. The number of ether oxygens (including phenoxy) is 1. The van der Waals surface area contributed by atoms with Crippen LogP contribution < -0.4 is 11.1 Å². The Kier molecular flexibility index (Phi) is 4.46. The fraction of sp³-hybridized carbons (Fsp3) is 0.421. The molecule has 7 nitrogen and oxygen atoms in total. The van der Waals surface area contributed by atoms with E-state index in [1.807, 2.05) is 35.8 Å². The lowest BCUT2D eigenvalue weighted by Crippen LogP contribution is -2.25. The molecule has 1 aliphatic heterocycles. The van der Waals surface area contributed by atoms with E-state index in [0.29, 0.717) is 35.6 Å². The van der Waals surface area contributed by atoms with Crippen molar-refractivity contribution in [3.8, 4) is 0 Å². The number of hydrogen-bond donors (Lipinski definition) is 2. The second-order valence-corrected chi connectivity index (χ2v) is 6.65. The topological polar surface area (TPSA) is 95.1 Å². The van der Waals surface area contributed by atoms with E-state index in [-0.39, 0.29) is 12.0 Å². The summed E-state index contributed by atoms with van der Waals surface area (Å²) in [6, 6.07) is 7.64. The second kappa shape index (κ2) is 6.92. The number of carbonyl (C=O) groups is 1. The minimum Gasteiger partial charge on any atom is -0.384 e. The van der Waals surface area contributed by atoms with Gasteiger partial charge in [-0.05, 0) is 31.4 Å². The number of nitrogens with two attached hydrogens (primary N) is 1. The van der Waals surface area contributed by atoms with Gasteiger partial charge in [0.2, 0.25) is 0 Å². The number of hydrogen-bond acceptors (Lipinski definition) is 5. The highest BCUT2D eigenvalue weighted by Crippen LogP contribution is 2.29. The van der Waals surface area contributed by atoms with Crippen molar-refractivity contribution in [2.75, 3.05) is 18.9 Å². The summed E-state index contributed by atoms with van der Waals surface area (Å²) in [5.74, 6) is 0.199. The lowest BCUT2D eigenvalue weighted by atomic mass is 10.2. The van der Waals surface area contributed by atoms with Crippen LogP contribution in [0.2, 0.25) is 0 Å². The third-order valence-corrected chi connectivity index (χ3v) is 4.76. The molecule has 136 valence electrons. The van der Waals surface area contributed by atoms with E-state index >= 15 is 0 Å². The summed E-state index contributed by atoms with van der Waals surface area (Å²) in [5, 5.41) is 2.91. The molecular weight excluding hydrogens is 330 g/mol. The summed E-state index contributed by atoms with van der Waals surface area (Å²) in [6.45, 7) is 3.95. The highest BCUT2D eigenvalue weighted by molar-refractivity contribution is 6.10. The van der Waals surface area contributed by atoms with Gasteiger partial charge >= 0.3 is 0 Å². The Morgan fingerprint density at radius 2 is 2.12 bits per heavy atom. The molecule has 0 bridgehead atoms. The Hall–Kier alpha value is -2.67. The van der Waals surface area contributed by atoms with Crippen LogP contribution in [0.25, 0.3) is 22.2 Å². The van der Waals surface area contributed by atoms with Crippen LogP contribution in [-0.4, -0.2) is 39.7 Å². The SMILES string of the molecule is CCCNC(=O)c1c(N)n(C[C@H]2CCCO2)c2nc3ccccc3nc12. The summed E-state index contributed by atoms with van der Waals surface area (Å²) in [7, 11) is 0. The van der Waals surface area contributed by atoms with Crippen LogP contribution in [0, 0.1) is 0 Å². The van der Waals surface area contributed by atoms with Crippen molar-refractivity contribution >= 4 is 33.9 Å². The minimum atomic E-state index is -0.204. The van der Waals surface area contributed by atoms with Crippen LogP contribution >= 0.6 is 0 Å². The number of carbonyl (C=O) groups excluding carboxylic acids is 1. The molecule has 0 spiro atoms. The molecule has 0 radical (unpaired) electrons. The number of nitrogen functional groups attached to an aromatic ring is 1. The van der Waals surface area contributed by atoms with Gasteiger partial charge in [-0.3, -0.25) is 4.79 Å². The maximum atomic E-state index is 12.7. The van der Waals surface area contributed by atoms with E-state index in [1.165, 1.54) is 0 Å². The van der Waals surface area contributed by atoms with Crippen molar-refractivity contribution in [1.29, 1.82) is 0 Å². The molecule has 1 aliphatic rings. The number of nitrogens with one attached hydrogen (secondary N) is 1. The maximum Gasteiger partial charge on any atom is 0.257 e. The largest absolute Gasteiger partial charge is 0.384 e. The van der Waals surface area contributed by atoms with Gasteiger partial charge in [-0.15, -0.1) is 0 Å². The Bertz CT molecular complexity index is 959. The third-order valence-electron chi connectivity index (χ3n) is 4.76. The van der Waals surface area contributed by atoms with E-state index in [2.05, 4.69) is 5.32 Å². The number of nitrogens with zero attached hydrogens (tertiary/aromatic N) is 3. The van der Waals surface area contributed by atoms with Gasteiger partial charge in [-0.2, -0.15) is 0 Å². The summed E-state index contributed by atoms with van der Waals surface area (Å²) in [5.41, 5.74) is 9.52. The van der Waals surface area contributed by atoms with Gasteiger partial charge in [0.1, 0.15) is 16.9 Å². The number of anilines is 1. The molecule has 3 aromatic rings. The molecule has 3 heterocycles. The zero-order chi connectivity index (χ0) is 18.1. The minimum absolute atomic E-state index is 0.0905. The monoisotopic (exact) mass is 353 g/mol. The van der Waals surface area contributed by atoms with Crippen LogP contribution in [0.5, 0.6) is 0 Å². The first-order chi connectivity index (χ1) is 12.7. The van der Waals surface area contributed by atoms with Crippen molar-refractivity contribution < 1.29 is 9.53 Å². The number of aromatic nitrogens is 3. The number of para-hydroxylation sites is 2. The van der Waals surface area contributed by atoms with Crippen molar-refractivity contribution in [2.45, 2.75) is 38.8 Å². The predicted molar refractivity (Wildman–Crippen MR) is 101 cm³/mol. The second-order valence-electron chi connectivity index (χ2n) is 6.65. The van der Waals surface area contributed by atoms with E-state index in [4.69, 9.17) is 20.4 Å². The van der Waals surface area contributed by atoms with Crippen molar-refractivity contribution in [3.05, 3.63) is 29.8 Å². The molecule has 1 saturated heterocycles. The van der Waals surface area contributed by atoms with E-state index in [0.717, 1.165) is 36.9 Å². The van der Waals surface area contributed by atoms with Gasteiger partial charge in [0.05, 0.1) is 23.7 Å². The summed E-state index contributed by atoms with van der Waals surface area (Å²) in [4.78, 5) is 22.2. The molecule has 2 aromatic heterocycles. The van der Waals surface area contributed by atoms with Gasteiger partial charge < -0.3 is 20.4 Å². The van der Waals surface area contributed by atoms with Crippen molar-refractivity contribution in [1.82, 2.24) is 19.9 Å². The fourth-order valence-electron chi connectivity index (χ4n) is 3.44. The number of benzene rings is 1. The molecule has 1 atom stereocenters. The van der Waals surface area contributed by atoms with Crippen LogP contribution in [0.4, 0.5) is 5.82 Å². The van der Waals surface area contributed by atoms with Crippen LogP contribution in [-0.2, 0) is 11.3 Å². The molecule has 1 fully saturated rings. The van der Waals surface area contributed by atoms with Gasteiger partial charge in [-0.25, -0.2) is 9.97 Å². The van der Waals surface area contributed by atoms with E-state index in [1.54, 1.807) is 0 Å². The average Bonchev–Trinajstić information content (AvgIpc) is 3.25. The maximum absolute atomic E-state index is 12.7. The zero-order valence-corrected chi connectivity index (χ0v) is 14.9. The van der Waals surface area contributed by atoms with Gasteiger partial charge in [0.25, 0.3) is 5.91 Å². The van der Waals surface area contributed by atoms with Crippen molar-refractivity contribution in [2.24, 2.45) is 0 Å². The Labute approximate surface area is 151 Å². The van der Waals surface area contributed by atoms with Crippen LogP contribution in [0.1, 0.15) is 36.5 Å². The van der Waals surface area contributed by atoms with Crippen LogP contribution in [0.3, 0.4) is 0 Å². The Morgan fingerprint density at radius 3 is 2.81 bits per heavy atom. The molecule has 4 rings (SSSR count). The van der Waals surface area contributed by atoms with Gasteiger partial charge in [0.15, 0.2) is 5.65 Å². The lowest BCUT2D eigenvalue weighted by molar-refractivity contribution is 0.0949. The highest BCUT2D eigenvalue weighted by Gasteiger charge is 2.26. The van der Waals surface area contributed by atoms with E-state index in [9.17, 15) is 4.79 Å². The van der Waals surface area contributed by atoms with Crippen molar-refractivity contribution in [3.63, 3.8) is 0 Å². The molecule has 1 amide bonds. The molecule has 26 heavy (non-hydrogen) atoms. The molecule has 7 heteroatoms. The van der Waals surface area contributed by atoms with Gasteiger partial charge in [-0.1, -0.05) is 19.1 Å². The van der Waals surface area contributed by atoms with Gasteiger partial charge in [0, 0.05) is 13.2 Å². The molecule has 0 aliphatic carbocycles. The average molecular weight is 353 g/mol. The molecule has 1 aromatic carbocycles. The summed E-state index contributed by atoms with van der Waals surface area (Å²) >= 11 is 0. The smallest absolute Gasteiger partial charge is 0.257 e. The Morgan fingerprint density at radius 1 is 1.35 bits per heavy atom. The third kappa shape index (κ3) is 2.88. The molecule has 0 saturated carbocycles. The normalized spacial score (nSPS) is 17.2. The summed E-state index contributed by atoms with van der Waals surface area (Å²) in [6.07, 6.45) is 2.97. The number of amides is 1. The number of rotatable bonds is 5. The predicted octanol–water partition coefficient (Wildman–Crippen LogP) is 2.49. The first-order valence-electron chi connectivity index (χ1n) is 9.13. The first kappa shape index (κ1) is 16.8. The lowest BCUT2D eigenvalue weighted by Gasteiger charge is -2.13. The fourth-order valence-corrected chi connectivity index (χ4v) is 3.44. The van der Waals surface area contributed by atoms with Crippen LogP contribution in [0.15, 0.2) is 24.3 Å². The standard InChI is InChI=1S/C19H23N5O2/c1-2-9-21-19(25)15-16-18(23-14-8-4-3-7-13(14)22-16)24(17(15)20)11-12-6-5-10-26-12/h3-4,7-8,12H,2,5-6,9-11,20H2,1H3,(H,21,25)/t12-/m1/s1. The Balaban J connectivity index is 1.88. The molecule has 0 unspecified atom stereocenters. The zero-order valence-electron chi connectivity index (χ0n) is 14.9. The quantitative estimate of drug-likeness (QED) is 0.735. The van der Waals surface area contributed by atoms with E-state index < -0.39 is 0 Å². The highest BCUT2D eigenvalue weighted by atomic mass is 16.5.